The number of furan rings is 1. The fourth-order valence-corrected chi connectivity index (χ4v) is 2.88. The Kier molecular flexibility index (Phi) is 7.55. The summed E-state index contributed by atoms with van der Waals surface area (Å²) in [5.41, 5.74) is 0. The molecule has 2 aromatic rings. The SMILES string of the molecule is CC[C@@H](Oc1ccccc1OC)C(=O)NCCSCc1ccco1. The first kappa shape index (κ1) is 18.3. The molecule has 0 radical (unpaired) electrons. The maximum atomic E-state index is 12.3. The minimum absolute atomic E-state index is 0.109. The topological polar surface area (TPSA) is 60.7 Å². The number of thioether (sulfide) groups is 1. The molecule has 0 spiro atoms. The molecule has 0 aliphatic rings. The Balaban J connectivity index is 1.74. The highest BCUT2D eigenvalue weighted by atomic mass is 32.2. The monoisotopic (exact) mass is 349 g/mol. The van der Waals surface area contributed by atoms with E-state index in [9.17, 15) is 4.79 Å². The Bertz CT molecular complexity index is 615. The first-order valence-electron chi connectivity index (χ1n) is 7.92. The van der Waals surface area contributed by atoms with Gasteiger partial charge < -0.3 is 19.2 Å². The zero-order valence-corrected chi connectivity index (χ0v) is 14.8. The summed E-state index contributed by atoms with van der Waals surface area (Å²) < 4.78 is 16.3. The van der Waals surface area contributed by atoms with Crippen LogP contribution >= 0.6 is 11.8 Å². The number of nitrogens with one attached hydrogen (secondary N) is 1. The van der Waals surface area contributed by atoms with Crippen molar-refractivity contribution in [2.45, 2.75) is 25.2 Å². The largest absolute Gasteiger partial charge is 0.493 e. The molecule has 1 N–H and O–H groups in total. The van der Waals surface area contributed by atoms with Gasteiger partial charge in [-0.3, -0.25) is 4.79 Å². The smallest absolute Gasteiger partial charge is 0.261 e. The third-order valence-electron chi connectivity index (χ3n) is 3.37. The molecule has 1 heterocycles. The molecule has 130 valence electrons. The fourth-order valence-electron chi connectivity index (χ4n) is 2.12. The van der Waals surface area contributed by atoms with Gasteiger partial charge in [0.2, 0.25) is 0 Å². The standard InChI is InChI=1S/C18H23NO4S/c1-3-15(23-17-9-5-4-8-16(17)21-2)18(20)19-10-12-24-13-14-7-6-11-22-14/h4-9,11,15H,3,10,12-13H2,1-2H3,(H,19,20)/t15-/m1/s1. The van der Waals surface area contributed by atoms with Crippen LogP contribution in [0.1, 0.15) is 19.1 Å². The molecular formula is C18H23NO4S. The number of ether oxygens (including phenoxy) is 2. The summed E-state index contributed by atoms with van der Waals surface area (Å²) in [7, 11) is 1.58. The molecule has 0 bridgehead atoms. The van der Waals surface area contributed by atoms with E-state index in [4.69, 9.17) is 13.9 Å². The first-order valence-corrected chi connectivity index (χ1v) is 9.07. The summed E-state index contributed by atoms with van der Waals surface area (Å²) in [6.07, 6.45) is 1.72. The molecule has 1 aromatic heterocycles. The van der Waals surface area contributed by atoms with E-state index in [1.807, 2.05) is 37.3 Å². The molecule has 2 rings (SSSR count). The van der Waals surface area contributed by atoms with Crippen LogP contribution in [0.25, 0.3) is 0 Å². The fraction of sp³-hybridized carbons (Fsp3) is 0.389. The van der Waals surface area contributed by atoms with Gasteiger partial charge in [0.25, 0.3) is 5.91 Å². The van der Waals surface area contributed by atoms with Crippen LogP contribution in [-0.2, 0) is 10.5 Å². The molecule has 24 heavy (non-hydrogen) atoms. The molecule has 0 saturated heterocycles. The van der Waals surface area contributed by atoms with Crippen LogP contribution in [0.5, 0.6) is 11.5 Å². The van der Waals surface area contributed by atoms with Gasteiger partial charge in [-0.15, -0.1) is 0 Å². The molecule has 0 unspecified atom stereocenters. The molecule has 0 saturated carbocycles. The summed E-state index contributed by atoms with van der Waals surface area (Å²) in [6.45, 7) is 2.52. The summed E-state index contributed by atoms with van der Waals surface area (Å²) in [4.78, 5) is 12.3. The molecule has 1 atom stereocenters. The van der Waals surface area contributed by atoms with Crippen LogP contribution in [0.3, 0.4) is 0 Å². The van der Waals surface area contributed by atoms with Crippen LogP contribution in [0.2, 0.25) is 0 Å². The van der Waals surface area contributed by atoms with E-state index in [0.29, 0.717) is 24.5 Å². The van der Waals surface area contributed by atoms with Gasteiger partial charge >= 0.3 is 0 Å². The zero-order chi connectivity index (χ0) is 17.2. The molecule has 6 heteroatoms. The van der Waals surface area contributed by atoms with Crippen LogP contribution in [0.15, 0.2) is 47.1 Å². The number of benzene rings is 1. The molecule has 5 nitrogen and oxygen atoms in total. The lowest BCUT2D eigenvalue weighted by Crippen LogP contribution is -2.39. The Hall–Kier alpha value is -2.08. The Morgan fingerprint density at radius 1 is 1.25 bits per heavy atom. The number of hydrogen-bond acceptors (Lipinski definition) is 5. The highest BCUT2D eigenvalue weighted by molar-refractivity contribution is 7.98. The molecular weight excluding hydrogens is 326 g/mol. The van der Waals surface area contributed by atoms with E-state index >= 15 is 0 Å². The van der Waals surface area contributed by atoms with Crippen molar-refractivity contribution in [3.63, 3.8) is 0 Å². The number of amides is 1. The summed E-state index contributed by atoms with van der Waals surface area (Å²) in [6, 6.07) is 11.1. The molecule has 0 aliphatic heterocycles. The second-order valence-corrected chi connectivity index (χ2v) is 6.19. The molecule has 0 fully saturated rings. The van der Waals surface area contributed by atoms with Crippen LogP contribution in [0, 0.1) is 0 Å². The quantitative estimate of drug-likeness (QED) is 0.665. The van der Waals surface area contributed by atoms with E-state index in [1.54, 1.807) is 31.2 Å². The van der Waals surface area contributed by atoms with E-state index in [-0.39, 0.29) is 5.91 Å². The number of hydrogen-bond donors (Lipinski definition) is 1. The number of para-hydroxylation sites is 2. The van der Waals surface area contributed by atoms with Gasteiger partial charge in [0, 0.05) is 12.3 Å². The third-order valence-corrected chi connectivity index (χ3v) is 4.35. The van der Waals surface area contributed by atoms with Crippen molar-refractivity contribution in [3.05, 3.63) is 48.4 Å². The average Bonchev–Trinajstić information content (AvgIpc) is 3.13. The Morgan fingerprint density at radius 2 is 2.04 bits per heavy atom. The van der Waals surface area contributed by atoms with E-state index < -0.39 is 6.10 Å². The Labute approximate surface area is 146 Å². The molecule has 0 aliphatic carbocycles. The third kappa shape index (κ3) is 5.53. The van der Waals surface area contributed by atoms with Gasteiger partial charge in [0.05, 0.1) is 19.1 Å². The molecule has 1 aromatic carbocycles. The average molecular weight is 349 g/mol. The number of rotatable bonds is 10. The number of carbonyl (C=O) groups excluding carboxylic acids is 1. The van der Waals surface area contributed by atoms with Crippen molar-refractivity contribution in [1.29, 1.82) is 0 Å². The maximum Gasteiger partial charge on any atom is 0.261 e. The van der Waals surface area contributed by atoms with Gasteiger partial charge in [0.15, 0.2) is 17.6 Å². The van der Waals surface area contributed by atoms with Crippen LogP contribution in [0.4, 0.5) is 0 Å². The summed E-state index contributed by atoms with van der Waals surface area (Å²) >= 11 is 1.71. The Morgan fingerprint density at radius 3 is 2.71 bits per heavy atom. The van der Waals surface area contributed by atoms with Crippen LogP contribution in [-0.4, -0.2) is 31.4 Å². The van der Waals surface area contributed by atoms with Crippen molar-refractivity contribution < 1.29 is 18.7 Å². The summed E-state index contributed by atoms with van der Waals surface area (Å²) in [5.74, 6) is 3.65. The second-order valence-electron chi connectivity index (χ2n) is 5.09. The van der Waals surface area contributed by atoms with Gasteiger partial charge in [-0.25, -0.2) is 0 Å². The highest BCUT2D eigenvalue weighted by Crippen LogP contribution is 2.27. The van der Waals surface area contributed by atoms with Gasteiger partial charge in [-0.2, -0.15) is 11.8 Å². The van der Waals surface area contributed by atoms with Crippen LogP contribution < -0.4 is 14.8 Å². The first-order chi connectivity index (χ1) is 11.7. The minimum Gasteiger partial charge on any atom is -0.493 e. The predicted molar refractivity (Wildman–Crippen MR) is 95.6 cm³/mol. The zero-order valence-electron chi connectivity index (χ0n) is 14.0. The van der Waals surface area contributed by atoms with E-state index in [0.717, 1.165) is 17.3 Å². The lowest BCUT2D eigenvalue weighted by atomic mass is 10.2. The van der Waals surface area contributed by atoms with Gasteiger partial charge in [-0.1, -0.05) is 19.1 Å². The maximum absolute atomic E-state index is 12.3. The van der Waals surface area contributed by atoms with Crippen molar-refractivity contribution in [1.82, 2.24) is 5.32 Å². The van der Waals surface area contributed by atoms with Gasteiger partial charge in [-0.05, 0) is 30.7 Å². The lowest BCUT2D eigenvalue weighted by Gasteiger charge is -2.18. The van der Waals surface area contributed by atoms with Crippen molar-refractivity contribution in [2.24, 2.45) is 0 Å². The second kappa shape index (κ2) is 9.93. The normalized spacial score (nSPS) is 11.8. The summed E-state index contributed by atoms with van der Waals surface area (Å²) in [5, 5.41) is 2.92. The highest BCUT2D eigenvalue weighted by Gasteiger charge is 2.19. The lowest BCUT2D eigenvalue weighted by molar-refractivity contribution is -0.128. The predicted octanol–water partition coefficient (Wildman–Crippen LogP) is 3.50. The van der Waals surface area contributed by atoms with Crippen molar-refractivity contribution in [3.8, 4) is 11.5 Å². The van der Waals surface area contributed by atoms with E-state index in [1.165, 1.54) is 0 Å². The molecule has 1 amide bonds. The minimum atomic E-state index is -0.531. The van der Waals surface area contributed by atoms with E-state index in [2.05, 4.69) is 5.32 Å². The number of carbonyl (C=O) groups is 1. The van der Waals surface area contributed by atoms with Crippen molar-refractivity contribution >= 4 is 17.7 Å². The van der Waals surface area contributed by atoms with Gasteiger partial charge in [0.1, 0.15) is 5.76 Å². The number of methoxy groups -OCH3 is 1. The van der Waals surface area contributed by atoms with Crippen molar-refractivity contribution in [2.75, 3.05) is 19.4 Å².